The molecule has 2 atom stereocenters. The van der Waals surface area contributed by atoms with Gasteiger partial charge in [0.2, 0.25) is 0 Å². The van der Waals surface area contributed by atoms with E-state index in [9.17, 15) is 22.4 Å². The van der Waals surface area contributed by atoms with Crippen LogP contribution >= 0.6 is 0 Å². The Bertz CT molecular complexity index is 1470. The zero-order valence-corrected chi connectivity index (χ0v) is 21.7. The fourth-order valence-corrected chi connectivity index (χ4v) is 4.82. The van der Waals surface area contributed by atoms with E-state index < -0.39 is 33.2 Å². The zero-order chi connectivity index (χ0) is 27.3. The van der Waals surface area contributed by atoms with Gasteiger partial charge in [0, 0.05) is 19.2 Å². The molecule has 1 fully saturated rings. The van der Waals surface area contributed by atoms with Crippen molar-refractivity contribution in [3.8, 4) is 11.5 Å². The molecule has 204 valence electrons. The molecule has 4 rings (SSSR count). The van der Waals surface area contributed by atoms with E-state index >= 15 is 0 Å². The molecule has 11 nitrogen and oxygen atoms in total. The molecular weight excluding hydrogens is 521 g/mol. The number of nitrogens with one attached hydrogen (secondary N) is 2. The van der Waals surface area contributed by atoms with Gasteiger partial charge in [0.05, 0.1) is 50.4 Å². The SMILES string of the molecule is COc1cccc(CNC(=O)c2nc3ccc(F)c(OCCC4COC(CS(C)(=O)=O)CO4)c3c(=O)[nH]2)c1. The number of amides is 1. The number of methoxy groups -OCH3 is 1. The van der Waals surface area contributed by atoms with E-state index in [0.717, 1.165) is 17.9 Å². The fraction of sp³-hybridized carbons (Fsp3) is 0.400. The maximum atomic E-state index is 14.6. The van der Waals surface area contributed by atoms with Gasteiger partial charge in [-0.05, 0) is 29.8 Å². The number of benzene rings is 2. The predicted octanol–water partition coefficient (Wildman–Crippen LogP) is 1.60. The first-order valence-corrected chi connectivity index (χ1v) is 13.9. The van der Waals surface area contributed by atoms with Gasteiger partial charge in [0.25, 0.3) is 11.5 Å². The smallest absolute Gasteiger partial charge is 0.287 e. The average Bonchev–Trinajstić information content (AvgIpc) is 2.88. The number of hydrogen-bond donors (Lipinski definition) is 2. The minimum absolute atomic E-state index is 0.00299. The summed E-state index contributed by atoms with van der Waals surface area (Å²) in [6.07, 6.45) is 0.533. The second-order valence-corrected chi connectivity index (χ2v) is 11.0. The highest BCUT2D eigenvalue weighted by Crippen LogP contribution is 2.26. The Morgan fingerprint density at radius 1 is 1.21 bits per heavy atom. The van der Waals surface area contributed by atoms with Gasteiger partial charge >= 0.3 is 0 Å². The molecule has 3 aromatic rings. The van der Waals surface area contributed by atoms with Crippen molar-refractivity contribution < 1.29 is 36.6 Å². The van der Waals surface area contributed by atoms with Crippen LogP contribution in [0.2, 0.25) is 0 Å². The normalized spacial score (nSPS) is 17.8. The summed E-state index contributed by atoms with van der Waals surface area (Å²) in [5.41, 5.74) is 0.159. The third-order valence-corrected chi connectivity index (χ3v) is 6.77. The molecule has 1 saturated heterocycles. The molecule has 0 saturated carbocycles. The van der Waals surface area contributed by atoms with Crippen molar-refractivity contribution in [3.05, 3.63) is 64.0 Å². The maximum absolute atomic E-state index is 14.6. The second-order valence-electron chi connectivity index (χ2n) is 8.86. The Morgan fingerprint density at radius 2 is 1.97 bits per heavy atom. The van der Waals surface area contributed by atoms with E-state index in [1.54, 1.807) is 25.3 Å². The summed E-state index contributed by atoms with van der Waals surface area (Å²) >= 11 is 0. The van der Waals surface area contributed by atoms with Gasteiger partial charge in [-0.2, -0.15) is 0 Å². The van der Waals surface area contributed by atoms with Crippen molar-refractivity contribution >= 4 is 26.6 Å². The minimum Gasteiger partial charge on any atom is -0.497 e. The highest BCUT2D eigenvalue weighted by Gasteiger charge is 2.25. The lowest BCUT2D eigenvalue weighted by atomic mass is 10.2. The van der Waals surface area contributed by atoms with Gasteiger partial charge in [-0.25, -0.2) is 17.8 Å². The summed E-state index contributed by atoms with van der Waals surface area (Å²) in [6, 6.07) is 9.55. The van der Waals surface area contributed by atoms with Crippen molar-refractivity contribution in [3.63, 3.8) is 0 Å². The van der Waals surface area contributed by atoms with Crippen molar-refractivity contribution in [2.45, 2.75) is 25.2 Å². The molecule has 2 N–H and O–H groups in total. The second kappa shape index (κ2) is 11.9. The Labute approximate surface area is 218 Å². The number of ether oxygens (including phenoxy) is 4. The molecular formula is C25H28FN3O8S. The standard InChI is InChI=1S/C25H28FN3O8S/c1-34-16-5-3-4-15(10-16)11-27-25(31)23-28-20-7-6-19(26)22(21(20)24(30)29-23)35-9-8-17-12-37-18(13-36-17)14-38(2,32)33/h3-7,10,17-18H,8-9,11-14H2,1-2H3,(H,27,31)(H,28,29,30). The number of nitrogens with zero attached hydrogens (tertiary/aromatic N) is 1. The number of carbonyl (C=O) groups is 1. The van der Waals surface area contributed by atoms with Crippen LogP contribution in [0, 0.1) is 5.82 Å². The molecule has 0 bridgehead atoms. The molecule has 2 heterocycles. The van der Waals surface area contributed by atoms with Gasteiger partial charge in [-0.15, -0.1) is 0 Å². The van der Waals surface area contributed by atoms with Gasteiger partial charge in [-0.3, -0.25) is 9.59 Å². The number of halogens is 1. The van der Waals surface area contributed by atoms with E-state index in [0.29, 0.717) is 12.2 Å². The average molecular weight is 550 g/mol. The van der Waals surface area contributed by atoms with Crippen LogP contribution in [0.3, 0.4) is 0 Å². The summed E-state index contributed by atoms with van der Waals surface area (Å²) in [7, 11) is -1.65. The van der Waals surface area contributed by atoms with Crippen molar-refractivity contribution in [1.29, 1.82) is 0 Å². The summed E-state index contributed by atoms with van der Waals surface area (Å²) in [6.45, 7) is 0.463. The molecule has 1 amide bonds. The monoisotopic (exact) mass is 549 g/mol. The third kappa shape index (κ3) is 7.05. The first-order chi connectivity index (χ1) is 18.1. The highest BCUT2D eigenvalue weighted by molar-refractivity contribution is 7.90. The molecule has 0 spiro atoms. The third-order valence-electron chi connectivity index (χ3n) is 5.79. The van der Waals surface area contributed by atoms with E-state index in [2.05, 4.69) is 15.3 Å². The Balaban J connectivity index is 1.39. The van der Waals surface area contributed by atoms with Crippen molar-refractivity contribution in [2.24, 2.45) is 0 Å². The van der Waals surface area contributed by atoms with Crippen LogP contribution in [-0.4, -0.2) is 75.4 Å². The van der Waals surface area contributed by atoms with Crippen molar-refractivity contribution in [1.82, 2.24) is 15.3 Å². The maximum Gasteiger partial charge on any atom is 0.287 e. The molecule has 2 aromatic carbocycles. The van der Waals surface area contributed by atoms with Crippen LogP contribution in [0.4, 0.5) is 4.39 Å². The lowest BCUT2D eigenvalue weighted by Gasteiger charge is -2.29. The van der Waals surface area contributed by atoms with Crippen LogP contribution < -0.4 is 20.3 Å². The number of rotatable bonds is 10. The highest BCUT2D eigenvalue weighted by atomic mass is 32.2. The van der Waals surface area contributed by atoms with Crippen molar-refractivity contribution in [2.75, 3.05) is 38.9 Å². The van der Waals surface area contributed by atoms with Crippen LogP contribution in [-0.2, 0) is 25.9 Å². The summed E-state index contributed by atoms with van der Waals surface area (Å²) < 4.78 is 59.3. The van der Waals surface area contributed by atoms with E-state index in [-0.39, 0.29) is 60.7 Å². The van der Waals surface area contributed by atoms with Crippen LogP contribution in [0.15, 0.2) is 41.2 Å². The Morgan fingerprint density at radius 3 is 2.68 bits per heavy atom. The lowest BCUT2D eigenvalue weighted by molar-refractivity contribution is -0.129. The molecule has 38 heavy (non-hydrogen) atoms. The molecule has 0 radical (unpaired) electrons. The molecule has 1 aliphatic heterocycles. The summed E-state index contributed by atoms with van der Waals surface area (Å²) in [5, 5.41) is 2.56. The number of fused-ring (bicyclic) bond motifs is 1. The predicted molar refractivity (Wildman–Crippen MR) is 136 cm³/mol. The van der Waals surface area contributed by atoms with Gasteiger partial charge in [0.15, 0.2) is 17.4 Å². The summed E-state index contributed by atoms with van der Waals surface area (Å²) in [5.74, 6) is -1.36. The first kappa shape index (κ1) is 27.5. The van der Waals surface area contributed by atoms with Crippen LogP contribution in [0.1, 0.15) is 22.6 Å². The van der Waals surface area contributed by atoms with E-state index in [1.165, 1.54) is 6.07 Å². The zero-order valence-electron chi connectivity index (χ0n) is 20.9. The number of aromatic nitrogens is 2. The minimum atomic E-state index is -3.19. The quantitative estimate of drug-likeness (QED) is 0.385. The lowest BCUT2D eigenvalue weighted by Crippen LogP contribution is -2.39. The number of sulfone groups is 1. The van der Waals surface area contributed by atoms with E-state index in [1.807, 2.05) is 6.07 Å². The first-order valence-electron chi connectivity index (χ1n) is 11.8. The fourth-order valence-electron chi connectivity index (χ4n) is 3.95. The van der Waals surface area contributed by atoms with E-state index in [4.69, 9.17) is 18.9 Å². The van der Waals surface area contributed by atoms with Gasteiger partial charge in [0.1, 0.15) is 21.0 Å². The molecule has 1 aromatic heterocycles. The number of carbonyl (C=O) groups excluding carboxylic acids is 1. The molecule has 1 aliphatic rings. The van der Waals surface area contributed by atoms with Crippen LogP contribution in [0.25, 0.3) is 10.9 Å². The number of hydrogen-bond acceptors (Lipinski definition) is 9. The summed E-state index contributed by atoms with van der Waals surface area (Å²) in [4.78, 5) is 32.0. The Hall–Kier alpha value is -3.55. The van der Waals surface area contributed by atoms with Crippen LogP contribution in [0.5, 0.6) is 11.5 Å². The Kier molecular flexibility index (Phi) is 8.59. The molecule has 0 aliphatic carbocycles. The molecule has 2 unspecified atom stereocenters. The number of H-pyrrole nitrogens is 1. The van der Waals surface area contributed by atoms with Gasteiger partial charge in [-0.1, -0.05) is 12.1 Å². The molecule has 13 heteroatoms. The number of aromatic amines is 1. The topological polar surface area (TPSA) is 146 Å². The van der Waals surface area contributed by atoms with Gasteiger partial charge < -0.3 is 29.2 Å². The largest absolute Gasteiger partial charge is 0.497 e.